The number of hydrogen-bond donors (Lipinski definition) is 2. The Labute approximate surface area is 148 Å². The van der Waals surface area contributed by atoms with E-state index >= 15 is 0 Å². The first-order valence-electron chi connectivity index (χ1n) is 7.67. The average molecular weight is 352 g/mol. The average Bonchev–Trinajstić information content (AvgIpc) is 3.13. The van der Waals surface area contributed by atoms with E-state index in [2.05, 4.69) is 20.6 Å². The highest BCUT2D eigenvalue weighted by Gasteiger charge is 2.15. The van der Waals surface area contributed by atoms with Crippen LogP contribution in [0.2, 0.25) is 5.02 Å². The van der Waals surface area contributed by atoms with Crippen molar-refractivity contribution >= 4 is 45.6 Å². The number of benzene rings is 2. The summed E-state index contributed by atoms with van der Waals surface area (Å²) >= 11 is 6.24. The van der Waals surface area contributed by atoms with Gasteiger partial charge in [-0.2, -0.15) is 0 Å². The fourth-order valence-electron chi connectivity index (χ4n) is 2.77. The molecule has 7 heteroatoms. The van der Waals surface area contributed by atoms with Gasteiger partial charge in [-0.05, 0) is 24.3 Å². The lowest BCUT2D eigenvalue weighted by Crippen LogP contribution is -2.18. The summed E-state index contributed by atoms with van der Waals surface area (Å²) in [5, 5.41) is 6.48. The van der Waals surface area contributed by atoms with Gasteiger partial charge in [0, 0.05) is 7.05 Å². The molecule has 2 aromatic carbocycles. The summed E-state index contributed by atoms with van der Waals surface area (Å²) in [7, 11) is 1.60. The van der Waals surface area contributed by atoms with Gasteiger partial charge in [-0.1, -0.05) is 29.8 Å². The van der Waals surface area contributed by atoms with Crippen LogP contribution in [0.1, 0.15) is 10.4 Å². The molecule has 0 bridgehead atoms. The quantitative estimate of drug-likeness (QED) is 0.591. The van der Waals surface area contributed by atoms with Gasteiger partial charge in [0.05, 0.1) is 34.3 Å². The number of fused-ring (bicyclic) bond motifs is 3. The molecule has 2 aromatic heterocycles. The van der Waals surface area contributed by atoms with E-state index in [9.17, 15) is 4.79 Å². The predicted molar refractivity (Wildman–Crippen MR) is 98.6 cm³/mol. The third-order valence-corrected chi connectivity index (χ3v) is 4.31. The number of carbonyl (C=O) groups excluding carboxylic acids is 1. The van der Waals surface area contributed by atoms with Gasteiger partial charge in [0.2, 0.25) is 0 Å². The molecule has 0 saturated carbocycles. The van der Waals surface area contributed by atoms with Crippen LogP contribution in [0, 0.1) is 0 Å². The number of rotatable bonds is 3. The maximum atomic E-state index is 12.2. The minimum absolute atomic E-state index is 0.193. The highest BCUT2D eigenvalue weighted by atomic mass is 35.5. The predicted octanol–water partition coefficient (Wildman–Crippen LogP) is 3.64. The molecule has 0 unspecified atom stereocenters. The molecule has 0 aliphatic carbocycles. The molecule has 0 spiro atoms. The molecule has 0 aliphatic rings. The first-order valence-corrected chi connectivity index (χ1v) is 8.05. The van der Waals surface area contributed by atoms with E-state index < -0.39 is 0 Å². The van der Waals surface area contributed by atoms with Gasteiger partial charge < -0.3 is 10.6 Å². The zero-order chi connectivity index (χ0) is 17.4. The zero-order valence-corrected chi connectivity index (χ0v) is 14.1. The largest absolute Gasteiger partial charge is 0.355 e. The minimum Gasteiger partial charge on any atom is -0.355 e. The molecule has 1 amide bonds. The molecule has 0 fully saturated rings. The second kappa shape index (κ2) is 6.07. The van der Waals surface area contributed by atoms with Crippen LogP contribution in [0.3, 0.4) is 0 Å². The Morgan fingerprint density at radius 1 is 1.12 bits per heavy atom. The number of para-hydroxylation sites is 2. The third kappa shape index (κ3) is 2.56. The lowest BCUT2D eigenvalue weighted by Gasteiger charge is -2.12. The first-order chi connectivity index (χ1) is 12.2. The lowest BCUT2D eigenvalue weighted by molar-refractivity contribution is 0.0964. The molecule has 0 atom stereocenters. The van der Waals surface area contributed by atoms with Crippen molar-refractivity contribution in [1.29, 1.82) is 0 Å². The van der Waals surface area contributed by atoms with E-state index in [0.717, 1.165) is 16.7 Å². The number of aromatic nitrogens is 3. The van der Waals surface area contributed by atoms with Crippen molar-refractivity contribution in [2.75, 3.05) is 12.4 Å². The van der Waals surface area contributed by atoms with Gasteiger partial charge >= 0.3 is 0 Å². The van der Waals surface area contributed by atoms with Crippen molar-refractivity contribution in [1.82, 2.24) is 19.7 Å². The van der Waals surface area contributed by atoms with Crippen LogP contribution in [0.4, 0.5) is 11.5 Å². The van der Waals surface area contributed by atoms with Gasteiger partial charge in [-0.25, -0.2) is 9.97 Å². The Balaban J connectivity index is 1.98. The molecular weight excluding hydrogens is 338 g/mol. The molecule has 0 radical (unpaired) electrons. The Morgan fingerprint density at radius 3 is 2.76 bits per heavy atom. The van der Waals surface area contributed by atoms with Crippen molar-refractivity contribution in [3.05, 3.63) is 65.6 Å². The Kier molecular flexibility index (Phi) is 3.74. The van der Waals surface area contributed by atoms with E-state index in [1.807, 2.05) is 34.7 Å². The van der Waals surface area contributed by atoms with Crippen LogP contribution in [-0.4, -0.2) is 27.3 Å². The van der Waals surface area contributed by atoms with Crippen LogP contribution in [0.5, 0.6) is 0 Å². The fraction of sp³-hybridized carbons (Fsp3) is 0.0556. The molecule has 4 rings (SSSR count). The Morgan fingerprint density at radius 2 is 1.96 bits per heavy atom. The summed E-state index contributed by atoms with van der Waals surface area (Å²) in [6.07, 6.45) is 3.42. The summed E-state index contributed by atoms with van der Waals surface area (Å²) in [6, 6.07) is 12.9. The number of hydrogen-bond acceptors (Lipinski definition) is 4. The standard InChI is InChI=1S/C18H14ClN5O/c1-20-18(25)11-5-4-8-14-16(11)23-17(15-9-21-10-24(14)15)22-13-7-3-2-6-12(13)19/h2-10H,1H3,(H,20,25)(H,22,23). The van der Waals surface area contributed by atoms with Crippen LogP contribution in [0.15, 0.2) is 55.0 Å². The smallest absolute Gasteiger partial charge is 0.253 e. The van der Waals surface area contributed by atoms with E-state index in [0.29, 0.717) is 21.9 Å². The van der Waals surface area contributed by atoms with Crippen LogP contribution < -0.4 is 10.6 Å². The Hall–Kier alpha value is -3.12. The molecule has 0 saturated heterocycles. The van der Waals surface area contributed by atoms with E-state index in [-0.39, 0.29) is 5.91 Å². The van der Waals surface area contributed by atoms with Crippen LogP contribution in [0.25, 0.3) is 16.6 Å². The second-order valence-electron chi connectivity index (χ2n) is 5.47. The molecule has 25 heavy (non-hydrogen) atoms. The number of nitrogens with zero attached hydrogens (tertiary/aromatic N) is 3. The van der Waals surface area contributed by atoms with Gasteiger partial charge in [0.1, 0.15) is 11.0 Å². The summed E-state index contributed by atoms with van der Waals surface area (Å²) in [5.41, 5.74) is 3.41. The number of imidazole rings is 1. The summed E-state index contributed by atoms with van der Waals surface area (Å²) in [6.45, 7) is 0. The monoisotopic (exact) mass is 351 g/mol. The normalized spacial score (nSPS) is 11.0. The SMILES string of the molecule is CNC(=O)c1cccc2c1nc(Nc1ccccc1Cl)c1cncn12. The lowest BCUT2D eigenvalue weighted by atomic mass is 10.1. The molecule has 0 aliphatic heterocycles. The van der Waals surface area contributed by atoms with Gasteiger partial charge in [0.15, 0.2) is 5.82 Å². The number of amides is 1. The maximum absolute atomic E-state index is 12.2. The summed E-state index contributed by atoms with van der Waals surface area (Å²) in [5.74, 6) is 0.385. The molecule has 2 N–H and O–H groups in total. The van der Waals surface area contributed by atoms with E-state index in [4.69, 9.17) is 11.6 Å². The summed E-state index contributed by atoms with van der Waals surface area (Å²) < 4.78 is 1.90. The number of anilines is 2. The van der Waals surface area contributed by atoms with E-state index in [1.165, 1.54) is 0 Å². The van der Waals surface area contributed by atoms with Crippen molar-refractivity contribution in [3.8, 4) is 0 Å². The number of halogens is 1. The molecule has 124 valence electrons. The number of nitrogens with one attached hydrogen (secondary N) is 2. The Bertz CT molecular complexity index is 1110. The third-order valence-electron chi connectivity index (χ3n) is 3.98. The first kappa shape index (κ1) is 15.4. The fourth-order valence-corrected chi connectivity index (χ4v) is 2.96. The molecule has 2 heterocycles. The van der Waals surface area contributed by atoms with Crippen LogP contribution in [-0.2, 0) is 0 Å². The molecule has 6 nitrogen and oxygen atoms in total. The van der Waals surface area contributed by atoms with Crippen molar-refractivity contribution < 1.29 is 4.79 Å². The highest BCUT2D eigenvalue weighted by molar-refractivity contribution is 6.33. The highest BCUT2D eigenvalue weighted by Crippen LogP contribution is 2.29. The van der Waals surface area contributed by atoms with E-state index in [1.54, 1.807) is 31.7 Å². The zero-order valence-electron chi connectivity index (χ0n) is 13.3. The van der Waals surface area contributed by atoms with Crippen molar-refractivity contribution in [2.45, 2.75) is 0 Å². The minimum atomic E-state index is -0.193. The van der Waals surface area contributed by atoms with Gasteiger partial charge in [-0.15, -0.1) is 0 Å². The second-order valence-corrected chi connectivity index (χ2v) is 5.87. The molecular formula is C18H14ClN5O. The van der Waals surface area contributed by atoms with Crippen LogP contribution >= 0.6 is 11.6 Å². The number of carbonyl (C=O) groups is 1. The topological polar surface area (TPSA) is 71.3 Å². The van der Waals surface area contributed by atoms with Gasteiger partial charge in [-0.3, -0.25) is 9.20 Å². The molecule has 4 aromatic rings. The van der Waals surface area contributed by atoms with Crippen molar-refractivity contribution in [2.24, 2.45) is 0 Å². The van der Waals surface area contributed by atoms with Gasteiger partial charge in [0.25, 0.3) is 5.91 Å². The van der Waals surface area contributed by atoms with Crippen molar-refractivity contribution in [3.63, 3.8) is 0 Å². The maximum Gasteiger partial charge on any atom is 0.253 e. The summed E-state index contributed by atoms with van der Waals surface area (Å²) in [4.78, 5) is 21.1.